The van der Waals surface area contributed by atoms with Gasteiger partial charge in [0.1, 0.15) is 17.4 Å². The average molecular weight is 527 g/mol. The zero-order valence-electron chi connectivity index (χ0n) is 24.0. The molecule has 0 heterocycles. The van der Waals surface area contributed by atoms with E-state index in [1.165, 1.54) is 32.4 Å². The van der Waals surface area contributed by atoms with Gasteiger partial charge in [0.15, 0.2) is 0 Å². The molecular formula is C33H44F2O3. The second-order valence-electron chi connectivity index (χ2n) is 7.32. The molecule has 0 radical (unpaired) electrons. The minimum atomic E-state index is -0.712. The molecule has 0 saturated heterocycles. The largest absolute Gasteiger partial charge is 0.497 e. The van der Waals surface area contributed by atoms with Crippen molar-refractivity contribution in [2.45, 2.75) is 40.5 Å². The lowest BCUT2D eigenvalue weighted by atomic mass is 10.0. The lowest BCUT2D eigenvalue weighted by Gasteiger charge is -2.07. The van der Waals surface area contributed by atoms with Crippen LogP contribution in [0.4, 0.5) is 8.78 Å². The molecule has 0 aliphatic carbocycles. The van der Waals surface area contributed by atoms with Crippen molar-refractivity contribution < 1.29 is 23.0 Å². The van der Waals surface area contributed by atoms with E-state index in [9.17, 15) is 13.6 Å². The van der Waals surface area contributed by atoms with E-state index >= 15 is 0 Å². The van der Waals surface area contributed by atoms with Crippen LogP contribution in [0.5, 0.6) is 0 Å². The van der Waals surface area contributed by atoms with Gasteiger partial charge >= 0.3 is 5.97 Å². The van der Waals surface area contributed by atoms with E-state index in [1.807, 2.05) is 20.8 Å². The Labute approximate surface area is 229 Å². The van der Waals surface area contributed by atoms with Gasteiger partial charge in [-0.15, -0.1) is 0 Å². The number of halogens is 2. The van der Waals surface area contributed by atoms with Crippen molar-refractivity contribution in [1.82, 2.24) is 0 Å². The maximum Gasteiger partial charge on any atom is 0.305 e. The molecule has 0 aromatic carbocycles. The Hall–Kier alpha value is -3.99. The first kappa shape index (κ1) is 38.5. The molecule has 0 atom stereocenters. The zero-order chi connectivity index (χ0) is 30.4. The molecule has 0 aromatic heterocycles. The van der Waals surface area contributed by atoms with Crippen LogP contribution in [0.25, 0.3) is 0 Å². The highest BCUT2D eigenvalue weighted by Gasteiger charge is 2.10. The summed E-state index contributed by atoms with van der Waals surface area (Å²) in [6.45, 7) is 37.5. The molecule has 0 aromatic rings. The molecule has 0 spiro atoms. The third-order valence-electron chi connectivity index (χ3n) is 4.59. The minimum absolute atomic E-state index is 0.0209. The van der Waals surface area contributed by atoms with Gasteiger partial charge in [-0.1, -0.05) is 104 Å². The minimum Gasteiger partial charge on any atom is -0.497 e. The normalized spacial score (nSPS) is 10.8. The van der Waals surface area contributed by atoms with Crippen LogP contribution in [0, 0.1) is 0 Å². The van der Waals surface area contributed by atoms with Crippen molar-refractivity contribution in [1.29, 1.82) is 0 Å². The monoisotopic (exact) mass is 526 g/mol. The van der Waals surface area contributed by atoms with Crippen molar-refractivity contribution in [3.05, 3.63) is 146 Å². The SMILES string of the molecule is C=C(/C=C\C(=C)C(=C)/C=C(/F)C(=C)C(=C)/C=C(/F)C(=C)C(=C)/C=C\C(=C)OC)CC.CC.CCC(=O)OC. The first-order valence-corrected chi connectivity index (χ1v) is 12.0. The molecule has 5 heteroatoms. The summed E-state index contributed by atoms with van der Waals surface area (Å²) in [4.78, 5) is 9.96. The van der Waals surface area contributed by atoms with Crippen LogP contribution in [0.2, 0.25) is 0 Å². The molecular weight excluding hydrogens is 482 g/mol. The fourth-order valence-electron chi connectivity index (χ4n) is 1.92. The number of esters is 1. The zero-order valence-corrected chi connectivity index (χ0v) is 24.0. The third-order valence-corrected chi connectivity index (χ3v) is 4.59. The van der Waals surface area contributed by atoms with Gasteiger partial charge in [-0.25, -0.2) is 8.78 Å². The van der Waals surface area contributed by atoms with Crippen molar-refractivity contribution in [2.75, 3.05) is 14.2 Å². The standard InChI is InChI=1S/C27H30F2O.C4H8O2.C2H6/c1-11-18(2)12-13-19(3)21(5)16-26(28)25(9)22(6)17-27(29)24(8)20(4)14-15-23(7)30-10;1-3-4(5)6-2;1-2/h12-17H,2-9,11H2,1,10H3;3H2,1-2H3;1-2H3/b13-12-,15-14-,26-16+,27-17+;;. The number of allylic oxidation sites excluding steroid dienone is 15. The van der Waals surface area contributed by atoms with E-state index in [-0.39, 0.29) is 22.7 Å². The second-order valence-corrected chi connectivity index (χ2v) is 7.32. The highest BCUT2D eigenvalue weighted by Crippen LogP contribution is 2.26. The summed E-state index contributed by atoms with van der Waals surface area (Å²) >= 11 is 0. The number of hydrogen-bond acceptors (Lipinski definition) is 3. The molecule has 0 saturated carbocycles. The maximum atomic E-state index is 14.5. The molecule has 0 aliphatic heterocycles. The van der Waals surface area contributed by atoms with Gasteiger partial charge in [-0.3, -0.25) is 4.79 Å². The van der Waals surface area contributed by atoms with E-state index in [4.69, 9.17) is 4.74 Å². The molecule has 0 rings (SSSR count). The summed E-state index contributed by atoms with van der Waals surface area (Å²) in [6, 6.07) is 0. The Kier molecular flexibility index (Phi) is 22.5. The fraction of sp³-hybridized carbons (Fsp3) is 0.242. The summed E-state index contributed by atoms with van der Waals surface area (Å²) in [5.41, 5.74) is 2.09. The van der Waals surface area contributed by atoms with E-state index < -0.39 is 11.7 Å². The predicted octanol–water partition coefficient (Wildman–Crippen LogP) is 9.86. The van der Waals surface area contributed by atoms with Gasteiger partial charge in [-0.05, 0) is 46.9 Å². The average Bonchev–Trinajstić information content (AvgIpc) is 2.93. The number of carbonyl (C=O) groups is 1. The highest BCUT2D eigenvalue weighted by atomic mass is 19.1. The van der Waals surface area contributed by atoms with Crippen molar-refractivity contribution in [3.63, 3.8) is 0 Å². The second kappa shape index (κ2) is 22.2. The summed E-state index contributed by atoms with van der Waals surface area (Å²) in [5, 5.41) is 0. The van der Waals surface area contributed by atoms with Crippen LogP contribution in [-0.4, -0.2) is 20.2 Å². The molecule has 38 heavy (non-hydrogen) atoms. The quantitative estimate of drug-likeness (QED) is 0.128. The first-order chi connectivity index (χ1) is 17.7. The van der Waals surface area contributed by atoms with Crippen molar-refractivity contribution >= 4 is 5.97 Å². The van der Waals surface area contributed by atoms with Gasteiger partial charge in [-0.2, -0.15) is 0 Å². The van der Waals surface area contributed by atoms with Gasteiger partial charge in [0.2, 0.25) is 0 Å². The Morgan fingerprint density at radius 3 is 1.47 bits per heavy atom. The van der Waals surface area contributed by atoms with Crippen LogP contribution in [0.3, 0.4) is 0 Å². The van der Waals surface area contributed by atoms with Crippen LogP contribution in [0.1, 0.15) is 40.5 Å². The Balaban J connectivity index is -0.00000133. The molecule has 208 valence electrons. The van der Waals surface area contributed by atoms with Crippen LogP contribution >= 0.6 is 0 Å². The smallest absolute Gasteiger partial charge is 0.305 e. The van der Waals surface area contributed by atoms with E-state index in [2.05, 4.69) is 57.4 Å². The number of hydrogen-bond donors (Lipinski definition) is 0. The van der Waals surface area contributed by atoms with Gasteiger partial charge in [0.05, 0.1) is 14.2 Å². The summed E-state index contributed by atoms with van der Waals surface area (Å²) < 4.78 is 38.1. The Morgan fingerprint density at radius 2 is 1.08 bits per heavy atom. The molecule has 0 unspecified atom stereocenters. The summed E-state index contributed by atoms with van der Waals surface area (Å²) in [5.74, 6) is -1.18. The Morgan fingerprint density at radius 1 is 0.632 bits per heavy atom. The fourth-order valence-corrected chi connectivity index (χ4v) is 1.92. The van der Waals surface area contributed by atoms with E-state index in [0.717, 1.165) is 18.1 Å². The number of methoxy groups -OCH3 is 2. The lowest BCUT2D eigenvalue weighted by molar-refractivity contribution is -0.140. The molecule has 0 fully saturated rings. The number of rotatable bonds is 14. The van der Waals surface area contributed by atoms with Gasteiger partial charge < -0.3 is 9.47 Å². The van der Waals surface area contributed by atoms with Gasteiger partial charge in [0.25, 0.3) is 0 Å². The highest BCUT2D eigenvalue weighted by molar-refractivity contribution is 5.68. The van der Waals surface area contributed by atoms with Crippen LogP contribution in [-0.2, 0) is 14.3 Å². The first-order valence-electron chi connectivity index (χ1n) is 12.0. The molecule has 0 amide bonds. The molecule has 0 N–H and O–H groups in total. The van der Waals surface area contributed by atoms with Crippen LogP contribution < -0.4 is 0 Å². The number of carbonyl (C=O) groups excluding carboxylic acids is 1. The Bertz CT molecular complexity index is 1040. The third kappa shape index (κ3) is 17.4. The van der Waals surface area contributed by atoms with Crippen LogP contribution in [0.15, 0.2) is 146 Å². The predicted molar refractivity (Wildman–Crippen MR) is 161 cm³/mol. The van der Waals surface area contributed by atoms with E-state index in [0.29, 0.717) is 28.9 Å². The molecule has 0 aliphatic rings. The maximum absolute atomic E-state index is 14.5. The van der Waals surface area contributed by atoms with Crippen molar-refractivity contribution in [2.24, 2.45) is 0 Å². The molecule has 0 bridgehead atoms. The summed E-state index contributed by atoms with van der Waals surface area (Å²) in [6.07, 6.45) is 10.0. The molecule has 3 nitrogen and oxygen atoms in total. The topological polar surface area (TPSA) is 35.5 Å². The van der Waals surface area contributed by atoms with Gasteiger partial charge in [0, 0.05) is 17.6 Å². The van der Waals surface area contributed by atoms with E-state index in [1.54, 1.807) is 19.1 Å². The number of ether oxygens (including phenoxy) is 2. The lowest BCUT2D eigenvalue weighted by Crippen LogP contribution is -1.94. The summed E-state index contributed by atoms with van der Waals surface area (Å²) in [7, 11) is 2.84. The van der Waals surface area contributed by atoms with Crippen molar-refractivity contribution in [3.8, 4) is 0 Å².